The van der Waals surface area contributed by atoms with Crippen LogP contribution < -0.4 is 0 Å². The molecule has 0 aliphatic carbocycles. The van der Waals surface area contributed by atoms with Gasteiger partial charge in [-0.15, -0.1) is 6.58 Å². The number of ether oxygens (including phenoxy) is 2. The molecule has 8 heavy (non-hydrogen) atoms. The van der Waals surface area contributed by atoms with Crippen LogP contribution in [0, 0.1) is 0 Å². The molecule has 1 saturated heterocycles. The Bertz CT molecular complexity index is 74.6. The lowest BCUT2D eigenvalue weighted by atomic mass is 10.3. The summed E-state index contributed by atoms with van der Waals surface area (Å²) in [6.45, 7) is 5.68. The SMILES string of the molecule is C=C[C@H]1COCCO1. The summed E-state index contributed by atoms with van der Waals surface area (Å²) in [7, 11) is 0. The molecule has 1 aliphatic rings. The van der Waals surface area contributed by atoms with Crippen molar-refractivity contribution in [3.8, 4) is 0 Å². The van der Waals surface area contributed by atoms with Crippen LogP contribution in [0.15, 0.2) is 12.7 Å². The molecule has 1 aliphatic heterocycles. The second-order valence-corrected chi connectivity index (χ2v) is 1.72. The highest BCUT2D eigenvalue weighted by atomic mass is 16.6. The van der Waals surface area contributed by atoms with Crippen molar-refractivity contribution < 1.29 is 9.47 Å². The lowest BCUT2D eigenvalue weighted by Gasteiger charge is -2.19. The molecule has 0 saturated carbocycles. The normalized spacial score (nSPS) is 29.8. The monoisotopic (exact) mass is 114 g/mol. The van der Waals surface area contributed by atoms with Crippen LogP contribution in [0.25, 0.3) is 0 Å². The van der Waals surface area contributed by atoms with Crippen LogP contribution in [-0.4, -0.2) is 25.9 Å². The third kappa shape index (κ3) is 1.32. The molecular formula is C6H10O2. The Morgan fingerprint density at radius 1 is 1.50 bits per heavy atom. The Balaban J connectivity index is 2.22. The van der Waals surface area contributed by atoms with E-state index in [9.17, 15) is 0 Å². The van der Waals surface area contributed by atoms with E-state index >= 15 is 0 Å². The van der Waals surface area contributed by atoms with E-state index in [-0.39, 0.29) is 6.10 Å². The summed E-state index contributed by atoms with van der Waals surface area (Å²) in [5.41, 5.74) is 0. The van der Waals surface area contributed by atoms with Crippen LogP contribution in [0.3, 0.4) is 0 Å². The summed E-state index contributed by atoms with van der Waals surface area (Å²) < 4.78 is 10.3. The zero-order valence-corrected chi connectivity index (χ0v) is 4.80. The van der Waals surface area contributed by atoms with Crippen molar-refractivity contribution in [2.75, 3.05) is 19.8 Å². The lowest BCUT2D eigenvalue weighted by molar-refractivity contribution is -0.0674. The van der Waals surface area contributed by atoms with Crippen LogP contribution in [-0.2, 0) is 9.47 Å². The van der Waals surface area contributed by atoms with Gasteiger partial charge in [-0.05, 0) is 0 Å². The summed E-state index contributed by atoms with van der Waals surface area (Å²) in [6, 6.07) is 0. The van der Waals surface area contributed by atoms with Crippen molar-refractivity contribution in [2.45, 2.75) is 6.10 Å². The minimum Gasteiger partial charge on any atom is -0.376 e. The average Bonchev–Trinajstić information content (AvgIpc) is 1.90. The molecule has 0 unspecified atom stereocenters. The molecule has 0 spiro atoms. The van der Waals surface area contributed by atoms with E-state index < -0.39 is 0 Å². The average molecular weight is 114 g/mol. The fourth-order valence-electron chi connectivity index (χ4n) is 0.642. The summed E-state index contributed by atoms with van der Waals surface area (Å²) in [4.78, 5) is 0. The van der Waals surface area contributed by atoms with Gasteiger partial charge >= 0.3 is 0 Å². The number of hydrogen-bond acceptors (Lipinski definition) is 2. The first-order chi connectivity index (χ1) is 3.93. The van der Waals surface area contributed by atoms with Crippen LogP contribution in [0.2, 0.25) is 0 Å². The largest absolute Gasteiger partial charge is 0.376 e. The van der Waals surface area contributed by atoms with Crippen molar-refractivity contribution in [3.05, 3.63) is 12.7 Å². The van der Waals surface area contributed by atoms with Gasteiger partial charge in [0.2, 0.25) is 0 Å². The van der Waals surface area contributed by atoms with E-state index in [0.29, 0.717) is 13.2 Å². The molecule has 0 aromatic heterocycles. The van der Waals surface area contributed by atoms with Gasteiger partial charge in [-0.2, -0.15) is 0 Å². The molecule has 0 N–H and O–H groups in total. The first kappa shape index (κ1) is 5.79. The van der Waals surface area contributed by atoms with Gasteiger partial charge in [-0.1, -0.05) is 6.08 Å². The van der Waals surface area contributed by atoms with Gasteiger partial charge < -0.3 is 9.47 Å². The molecule has 2 heteroatoms. The predicted molar refractivity (Wildman–Crippen MR) is 30.8 cm³/mol. The van der Waals surface area contributed by atoms with E-state index in [4.69, 9.17) is 9.47 Å². The molecular weight excluding hydrogens is 104 g/mol. The van der Waals surface area contributed by atoms with Gasteiger partial charge in [0.25, 0.3) is 0 Å². The highest BCUT2D eigenvalue weighted by Crippen LogP contribution is 1.99. The zero-order valence-electron chi connectivity index (χ0n) is 4.80. The van der Waals surface area contributed by atoms with Crippen molar-refractivity contribution in [3.63, 3.8) is 0 Å². The Labute approximate surface area is 49.1 Å². The zero-order chi connectivity index (χ0) is 5.82. The molecule has 0 aromatic carbocycles. The summed E-state index contributed by atoms with van der Waals surface area (Å²) >= 11 is 0. The second kappa shape index (κ2) is 2.84. The van der Waals surface area contributed by atoms with E-state index in [1.807, 2.05) is 0 Å². The van der Waals surface area contributed by atoms with Gasteiger partial charge in [0, 0.05) is 0 Å². The van der Waals surface area contributed by atoms with E-state index in [1.165, 1.54) is 0 Å². The van der Waals surface area contributed by atoms with E-state index in [0.717, 1.165) is 6.61 Å². The van der Waals surface area contributed by atoms with Gasteiger partial charge in [-0.3, -0.25) is 0 Å². The summed E-state index contributed by atoms with van der Waals surface area (Å²) in [5, 5.41) is 0. The maximum atomic E-state index is 5.18. The molecule has 1 heterocycles. The Hall–Kier alpha value is -0.340. The molecule has 0 amide bonds. The van der Waals surface area contributed by atoms with Crippen LogP contribution in [0.4, 0.5) is 0 Å². The summed E-state index contributed by atoms with van der Waals surface area (Å²) in [5.74, 6) is 0. The van der Waals surface area contributed by atoms with E-state index in [2.05, 4.69) is 6.58 Å². The number of hydrogen-bond donors (Lipinski definition) is 0. The molecule has 0 radical (unpaired) electrons. The Kier molecular flexibility index (Phi) is 2.06. The topological polar surface area (TPSA) is 18.5 Å². The minimum absolute atomic E-state index is 0.128. The van der Waals surface area contributed by atoms with Gasteiger partial charge in [-0.25, -0.2) is 0 Å². The quantitative estimate of drug-likeness (QED) is 0.464. The maximum absolute atomic E-state index is 5.18. The third-order valence-corrected chi connectivity index (χ3v) is 1.10. The molecule has 1 fully saturated rings. The van der Waals surface area contributed by atoms with Crippen molar-refractivity contribution in [2.24, 2.45) is 0 Å². The fourth-order valence-corrected chi connectivity index (χ4v) is 0.642. The molecule has 2 nitrogen and oxygen atoms in total. The van der Waals surface area contributed by atoms with E-state index in [1.54, 1.807) is 6.08 Å². The fraction of sp³-hybridized carbons (Fsp3) is 0.667. The van der Waals surface area contributed by atoms with Crippen LogP contribution in [0.1, 0.15) is 0 Å². The standard InChI is InChI=1S/C6H10O2/c1-2-6-5-7-3-4-8-6/h2,6H,1,3-5H2/t6-/m0/s1. The lowest BCUT2D eigenvalue weighted by Crippen LogP contribution is -2.26. The smallest absolute Gasteiger partial charge is 0.0987 e. The highest BCUT2D eigenvalue weighted by molar-refractivity contribution is 4.80. The molecule has 0 bridgehead atoms. The summed E-state index contributed by atoms with van der Waals surface area (Å²) in [6.07, 6.45) is 1.89. The molecule has 46 valence electrons. The van der Waals surface area contributed by atoms with Crippen LogP contribution >= 0.6 is 0 Å². The van der Waals surface area contributed by atoms with Gasteiger partial charge in [0.15, 0.2) is 0 Å². The number of rotatable bonds is 1. The van der Waals surface area contributed by atoms with Crippen molar-refractivity contribution >= 4 is 0 Å². The first-order valence-electron chi connectivity index (χ1n) is 2.75. The third-order valence-electron chi connectivity index (χ3n) is 1.10. The van der Waals surface area contributed by atoms with Crippen molar-refractivity contribution in [1.82, 2.24) is 0 Å². The maximum Gasteiger partial charge on any atom is 0.0987 e. The molecule has 1 atom stereocenters. The van der Waals surface area contributed by atoms with Gasteiger partial charge in [0.05, 0.1) is 25.9 Å². The van der Waals surface area contributed by atoms with Crippen LogP contribution in [0.5, 0.6) is 0 Å². The Morgan fingerprint density at radius 3 is 2.75 bits per heavy atom. The second-order valence-electron chi connectivity index (χ2n) is 1.72. The Morgan fingerprint density at radius 2 is 2.38 bits per heavy atom. The van der Waals surface area contributed by atoms with Crippen molar-refractivity contribution in [1.29, 1.82) is 0 Å². The minimum atomic E-state index is 0.128. The predicted octanol–water partition coefficient (Wildman–Crippen LogP) is 0.588. The van der Waals surface area contributed by atoms with Gasteiger partial charge in [0.1, 0.15) is 0 Å². The molecule has 0 aromatic rings. The molecule has 1 rings (SSSR count). The highest BCUT2D eigenvalue weighted by Gasteiger charge is 2.08. The first-order valence-corrected chi connectivity index (χ1v) is 2.75.